The first kappa shape index (κ1) is 23.4. The van der Waals surface area contributed by atoms with Crippen molar-refractivity contribution in [1.29, 1.82) is 0 Å². The Labute approximate surface area is 196 Å². The fourth-order valence-corrected chi connectivity index (χ4v) is 5.27. The van der Waals surface area contributed by atoms with Gasteiger partial charge in [0.25, 0.3) is 0 Å². The Morgan fingerprint density at radius 3 is 2.36 bits per heavy atom. The van der Waals surface area contributed by atoms with Crippen molar-refractivity contribution < 1.29 is 14.0 Å². The van der Waals surface area contributed by atoms with Crippen molar-refractivity contribution in [1.82, 2.24) is 15.1 Å². The maximum Gasteiger partial charge on any atom is 0.237 e. The van der Waals surface area contributed by atoms with Crippen molar-refractivity contribution in [3.05, 3.63) is 71.0 Å². The Morgan fingerprint density at radius 2 is 1.67 bits per heavy atom. The molecule has 0 saturated carbocycles. The van der Waals surface area contributed by atoms with Crippen LogP contribution in [0.15, 0.2) is 48.5 Å². The molecule has 2 heterocycles. The van der Waals surface area contributed by atoms with Gasteiger partial charge >= 0.3 is 0 Å². The highest BCUT2D eigenvalue weighted by atomic mass is 19.1. The monoisotopic (exact) mass is 451 g/mol. The van der Waals surface area contributed by atoms with Gasteiger partial charge in [0, 0.05) is 25.2 Å². The second-order valence-corrected chi connectivity index (χ2v) is 9.49. The molecule has 4 rings (SSSR count). The predicted octanol–water partition coefficient (Wildman–Crippen LogP) is 3.70. The van der Waals surface area contributed by atoms with Gasteiger partial charge in [-0.05, 0) is 74.8 Å². The summed E-state index contributed by atoms with van der Waals surface area (Å²) in [6, 6.07) is 14.6. The molecule has 6 heteroatoms. The molecule has 0 unspecified atom stereocenters. The molecule has 1 fully saturated rings. The summed E-state index contributed by atoms with van der Waals surface area (Å²) < 4.78 is 13.1. The van der Waals surface area contributed by atoms with Crippen LogP contribution >= 0.6 is 0 Å². The van der Waals surface area contributed by atoms with Crippen LogP contribution < -0.4 is 5.32 Å². The number of carbonyl (C=O) groups excluding carboxylic acids is 2. The van der Waals surface area contributed by atoms with E-state index < -0.39 is 0 Å². The second-order valence-electron chi connectivity index (χ2n) is 9.49. The van der Waals surface area contributed by atoms with Crippen molar-refractivity contribution in [2.24, 2.45) is 0 Å². The fraction of sp³-hybridized carbons (Fsp3) is 0.481. The minimum absolute atomic E-state index is 0.0563. The first-order chi connectivity index (χ1) is 15.9. The van der Waals surface area contributed by atoms with Crippen molar-refractivity contribution in [2.45, 2.75) is 70.6 Å². The molecule has 2 aromatic rings. The number of likely N-dealkylation sites (tertiary alicyclic amines) is 1. The van der Waals surface area contributed by atoms with Crippen molar-refractivity contribution in [3.63, 3.8) is 0 Å². The van der Waals surface area contributed by atoms with E-state index in [-0.39, 0.29) is 42.3 Å². The molecule has 0 radical (unpaired) electrons. The van der Waals surface area contributed by atoms with E-state index in [0.29, 0.717) is 25.9 Å². The predicted molar refractivity (Wildman–Crippen MR) is 127 cm³/mol. The summed E-state index contributed by atoms with van der Waals surface area (Å²) in [6.07, 6.45) is 4.45. The molecule has 2 aliphatic heterocycles. The van der Waals surface area contributed by atoms with E-state index in [1.54, 1.807) is 12.1 Å². The average molecular weight is 452 g/mol. The summed E-state index contributed by atoms with van der Waals surface area (Å²) in [7, 11) is 0. The number of carbonyl (C=O) groups is 2. The molecule has 1 saturated heterocycles. The van der Waals surface area contributed by atoms with Crippen LogP contribution in [0.25, 0.3) is 0 Å². The number of benzene rings is 2. The van der Waals surface area contributed by atoms with Crippen LogP contribution in [0, 0.1) is 5.82 Å². The molecule has 0 bridgehead atoms. The topological polar surface area (TPSA) is 52.7 Å². The Bertz CT molecular complexity index is 968. The number of rotatable bonds is 6. The number of hydrogen-bond donors (Lipinski definition) is 1. The fourth-order valence-electron chi connectivity index (χ4n) is 5.27. The van der Waals surface area contributed by atoms with Gasteiger partial charge in [0.1, 0.15) is 5.82 Å². The summed E-state index contributed by atoms with van der Waals surface area (Å²) in [5.41, 5.74) is 3.32. The highest BCUT2D eigenvalue weighted by molar-refractivity contribution is 5.84. The third-order valence-electron chi connectivity index (χ3n) is 7.09. The molecule has 33 heavy (non-hydrogen) atoms. The van der Waals surface area contributed by atoms with Crippen LogP contribution in [0.5, 0.6) is 0 Å². The van der Waals surface area contributed by atoms with Gasteiger partial charge in [-0.15, -0.1) is 0 Å². The number of fused-ring (bicyclic) bond motifs is 1. The SMILES string of the molecule is C[C@@H]1CCC[C@H](C)N1C(=O)CN1Cc2ccccc2C[C@H]1C(=O)NCCc1ccc(F)cc1. The number of piperidine rings is 1. The van der Waals surface area contributed by atoms with E-state index in [2.05, 4.69) is 31.3 Å². The summed E-state index contributed by atoms with van der Waals surface area (Å²) in [5.74, 6) is -0.210. The van der Waals surface area contributed by atoms with Crippen LogP contribution in [0.2, 0.25) is 0 Å². The van der Waals surface area contributed by atoms with Crippen molar-refractivity contribution in [2.75, 3.05) is 13.1 Å². The van der Waals surface area contributed by atoms with Gasteiger partial charge in [-0.3, -0.25) is 14.5 Å². The third-order valence-corrected chi connectivity index (χ3v) is 7.09. The van der Waals surface area contributed by atoms with Crippen LogP contribution in [0.3, 0.4) is 0 Å². The van der Waals surface area contributed by atoms with Crippen LogP contribution in [0.1, 0.15) is 49.8 Å². The maximum atomic E-state index is 13.3. The minimum Gasteiger partial charge on any atom is -0.354 e. The Morgan fingerprint density at radius 1 is 1.00 bits per heavy atom. The minimum atomic E-state index is -0.382. The highest BCUT2D eigenvalue weighted by Crippen LogP contribution is 2.26. The van der Waals surface area contributed by atoms with Gasteiger partial charge in [-0.2, -0.15) is 0 Å². The normalized spacial score (nSPS) is 23.1. The van der Waals surface area contributed by atoms with Gasteiger partial charge in [-0.25, -0.2) is 4.39 Å². The van der Waals surface area contributed by atoms with E-state index in [1.807, 2.05) is 21.9 Å². The lowest BCUT2D eigenvalue weighted by Crippen LogP contribution is -2.56. The molecule has 3 atom stereocenters. The zero-order chi connectivity index (χ0) is 23.4. The molecular formula is C27H34FN3O2. The average Bonchev–Trinajstić information content (AvgIpc) is 2.79. The lowest BCUT2D eigenvalue weighted by molar-refractivity contribution is -0.140. The quantitative estimate of drug-likeness (QED) is 0.729. The third kappa shape index (κ3) is 5.61. The molecule has 176 valence electrons. The lowest BCUT2D eigenvalue weighted by Gasteiger charge is -2.42. The summed E-state index contributed by atoms with van der Waals surface area (Å²) in [4.78, 5) is 30.6. The van der Waals surface area contributed by atoms with E-state index >= 15 is 0 Å². The zero-order valence-corrected chi connectivity index (χ0v) is 19.6. The molecule has 2 aliphatic rings. The number of amides is 2. The number of nitrogens with one attached hydrogen (secondary N) is 1. The van der Waals surface area contributed by atoms with E-state index in [1.165, 1.54) is 23.3 Å². The van der Waals surface area contributed by atoms with Crippen LogP contribution in [-0.4, -0.2) is 52.8 Å². The number of halogens is 1. The Balaban J connectivity index is 1.44. The summed E-state index contributed by atoms with van der Waals surface area (Å²) in [6.45, 7) is 5.57. The zero-order valence-electron chi connectivity index (χ0n) is 19.6. The molecule has 0 aliphatic carbocycles. The van der Waals surface area contributed by atoms with Gasteiger partial charge in [-0.1, -0.05) is 36.4 Å². The largest absolute Gasteiger partial charge is 0.354 e. The first-order valence-electron chi connectivity index (χ1n) is 12.1. The first-order valence-corrected chi connectivity index (χ1v) is 12.1. The van der Waals surface area contributed by atoms with Gasteiger partial charge in [0.15, 0.2) is 0 Å². The molecule has 2 amide bonds. The summed E-state index contributed by atoms with van der Waals surface area (Å²) in [5, 5.41) is 3.05. The van der Waals surface area contributed by atoms with Gasteiger partial charge in [0.05, 0.1) is 12.6 Å². The molecule has 0 spiro atoms. The second kappa shape index (κ2) is 10.5. The molecule has 5 nitrogen and oxygen atoms in total. The Kier molecular flexibility index (Phi) is 7.43. The van der Waals surface area contributed by atoms with Crippen LogP contribution in [-0.2, 0) is 29.0 Å². The highest BCUT2D eigenvalue weighted by Gasteiger charge is 2.35. The van der Waals surface area contributed by atoms with Gasteiger partial charge in [0.2, 0.25) is 11.8 Å². The van der Waals surface area contributed by atoms with Crippen molar-refractivity contribution >= 4 is 11.8 Å². The van der Waals surface area contributed by atoms with Gasteiger partial charge < -0.3 is 10.2 Å². The lowest BCUT2D eigenvalue weighted by atomic mass is 9.93. The molecule has 2 aromatic carbocycles. The number of nitrogens with zero attached hydrogens (tertiary/aromatic N) is 2. The molecular weight excluding hydrogens is 417 g/mol. The van der Waals surface area contributed by atoms with E-state index in [0.717, 1.165) is 24.8 Å². The number of hydrogen-bond acceptors (Lipinski definition) is 3. The summed E-state index contributed by atoms with van der Waals surface area (Å²) >= 11 is 0. The molecule has 1 N–H and O–H groups in total. The Hall–Kier alpha value is -2.73. The standard InChI is InChI=1S/C27H34FN3O2/c1-19-6-5-7-20(2)31(19)26(32)18-30-17-23-9-4-3-8-22(23)16-25(30)27(33)29-15-14-21-10-12-24(28)13-11-21/h3-4,8-13,19-20,25H,5-7,14-18H2,1-2H3,(H,29,33)/t19-,20+,25-/m0/s1. The van der Waals surface area contributed by atoms with Crippen LogP contribution in [0.4, 0.5) is 4.39 Å². The smallest absolute Gasteiger partial charge is 0.237 e. The van der Waals surface area contributed by atoms with Crippen molar-refractivity contribution in [3.8, 4) is 0 Å². The van der Waals surface area contributed by atoms with E-state index in [4.69, 9.17) is 0 Å². The van der Waals surface area contributed by atoms with E-state index in [9.17, 15) is 14.0 Å². The maximum absolute atomic E-state index is 13.3. The molecule has 0 aromatic heterocycles.